The zero-order valence-corrected chi connectivity index (χ0v) is 14.2. The van der Waals surface area contributed by atoms with Crippen molar-refractivity contribution in [2.75, 3.05) is 11.9 Å². The lowest BCUT2D eigenvalue weighted by Crippen LogP contribution is -2.36. The zero-order valence-electron chi connectivity index (χ0n) is 14.2. The first-order chi connectivity index (χ1) is 12.2. The van der Waals surface area contributed by atoms with E-state index in [1.807, 2.05) is 36.4 Å². The zero-order chi connectivity index (χ0) is 17.2. The van der Waals surface area contributed by atoms with Crippen molar-refractivity contribution in [1.82, 2.24) is 4.90 Å². The number of imide groups is 1. The Labute approximate surface area is 147 Å². The fraction of sp³-hybridized carbons (Fsp3) is 0.333. The molecule has 2 aromatic carbocycles. The van der Waals surface area contributed by atoms with E-state index in [-0.39, 0.29) is 18.2 Å². The molecule has 128 valence electrons. The molecule has 2 amide bonds. The summed E-state index contributed by atoms with van der Waals surface area (Å²) >= 11 is 0. The number of hydrogen-bond donors (Lipinski definition) is 1. The average Bonchev–Trinajstić information content (AvgIpc) is 3.19. The van der Waals surface area contributed by atoms with Crippen LogP contribution in [-0.2, 0) is 28.9 Å². The lowest BCUT2D eigenvalue weighted by atomic mass is 10.1. The molecule has 2 aromatic rings. The van der Waals surface area contributed by atoms with Gasteiger partial charge in [0.2, 0.25) is 5.91 Å². The summed E-state index contributed by atoms with van der Waals surface area (Å²) in [7, 11) is 0. The molecule has 1 saturated heterocycles. The minimum Gasteiger partial charge on any atom is -0.373 e. The van der Waals surface area contributed by atoms with Crippen LogP contribution in [0.2, 0.25) is 0 Å². The van der Waals surface area contributed by atoms with Crippen LogP contribution in [-0.4, -0.2) is 29.3 Å². The summed E-state index contributed by atoms with van der Waals surface area (Å²) in [6.07, 6.45) is 4.39. The number of hydrogen-bond acceptors (Lipinski definition) is 3. The molecular formula is C21H22N2O2. The van der Waals surface area contributed by atoms with Crippen LogP contribution in [0.3, 0.4) is 0 Å². The van der Waals surface area contributed by atoms with Gasteiger partial charge in [-0.05, 0) is 54.5 Å². The van der Waals surface area contributed by atoms with Gasteiger partial charge in [-0.25, -0.2) is 0 Å². The van der Waals surface area contributed by atoms with E-state index in [2.05, 4.69) is 17.4 Å². The minimum absolute atomic E-state index is 0.0837. The summed E-state index contributed by atoms with van der Waals surface area (Å²) in [6.45, 7) is 0.448. The van der Waals surface area contributed by atoms with Crippen molar-refractivity contribution in [3.05, 3.63) is 65.2 Å². The van der Waals surface area contributed by atoms with Crippen molar-refractivity contribution >= 4 is 17.5 Å². The number of rotatable bonds is 5. The SMILES string of the molecule is O=C1C[C@H](Nc2ccc3c(c2)CCC3)C(=O)N1CCc1ccccc1. The summed E-state index contributed by atoms with van der Waals surface area (Å²) in [6, 6.07) is 15.8. The summed E-state index contributed by atoms with van der Waals surface area (Å²) in [5, 5.41) is 3.27. The highest BCUT2D eigenvalue weighted by atomic mass is 16.2. The minimum atomic E-state index is -0.442. The van der Waals surface area contributed by atoms with Crippen LogP contribution in [0.25, 0.3) is 0 Å². The van der Waals surface area contributed by atoms with Crippen LogP contribution in [0.15, 0.2) is 48.5 Å². The predicted molar refractivity (Wildman–Crippen MR) is 97.4 cm³/mol. The summed E-state index contributed by atoms with van der Waals surface area (Å²) in [5.74, 6) is -0.193. The number of carbonyl (C=O) groups is 2. The molecule has 4 heteroatoms. The fourth-order valence-electron chi connectivity index (χ4n) is 3.78. The molecule has 25 heavy (non-hydrogen) atoms. The molecule has 0 saturated carbocycles. The second-order valence-corrected chi connectivity index (χ2v) is 6.86. The van der Waals surface area contributed by atoms with E-state index in [1.165, 1.54) is 22.4 Å². The Hall–Kier alpha value is -2.62. The molecule has 0 spiro atoms. The number of amides is 2. The summed E-state index contributed by atoms with van der Waals surface area (Å²) < 4.78 is 0. The topological polar surface area (TPSA) is 49.4 Å². The van der Waals surface area contributed by atoms with Gasteiger partial charge in [0.05, 0.1) is 6.42 Å². The second-order valence-electron chi connectivity index (χ2n) is 6.86. The van der Waals surface area contributed by atoms with Gasteiger partial charge in [-0.2, -0.15) is 0 Å². The first-order valence-corrected chi connectivity index (χ1v) is 8.97. The molecule has 1 fully saturated rings. The van der Waals surface area contributed by atoms with Crippen LogP contribution >= 0.6 is 0 Å². The van der Waals surface area contributed by atoms with Gasteiger partial charge >= 0.3 is 0 Å². The molecule has 1 aliphatic heterocycles. The standard InChI is InChI=1S/C21H22N2O2/c24-20-14-19(22-18-10-9-16-7-4-8-17(16)13-18)21(25)23(20)12-11-15-5-2-1-3-6-15/h1-3,5-6,9-10,13,19,22H,4,7-8,11-12,14H2/t19-/m0/s1. The third kappa shape index (κ3) is 3.29. The van der Waals surface area contributed by atoms with E-state index >= 15 is 0 Å². The number of likely N-dealkylation sites (tertiary alicyclic amines) is 1. The van der Waals surface area contributed by atoms with Gasteiger partial charge in [0.1, 0.15) is 6.04 Å². The third-order valence-corrected chi connectivity index (χ3v) is 5.15. The predicted octanol–water partition coefficient (Wildman–Crippen LogP) is 2.96. The van der Waals surface area contributed by atoms with Gasteiger partial charge in [-0.1, -0.05) is 36.4 Å². The first-order valence-electron chi connectivity index (χ1n) is 8.97. The van der Waals surface area contributed by atoms with Gasteiger partial charge in [0, 0.05) is 12.2 Å². The lowest BCUT2D eigenvalue weighted by Gasteiger charge is -2.16. The molecule has 0 bridgehead atoms. The van der Waals surface area contributed by atoms with Crippen LogP contribution in [0, 0.1) is 0 Å². The molecule has 1 heterocycles. The van der Waals surface area contributed by atoms with Gasteiger partial charge in [-0.3, -0.25) is 14.5 Å². The maximum absolute atomic E-state index is 12.6. The van der Waals surface area contributed by atoms with Gasteiger partial charge in [0.25, 0.3) is 5.91 Å². The highest BCUT2D eigenvalue weighted by Crippen LogP contribution is 2.26. The third-order valence-electron chi connectivity index (χ3n) is 5.15. The van der Waals surface area contributed by atoms with Crippen molar-refractivity contribution in [2.45, 2.75) is 38.1 Å². The number of fused-ring (bicyclic) bond motifs is 1. The quantitative estimate of drug-likeness (QED) is 0.855. The Morgan fingerprint density at radius 3 is 2.64 bits per heavy atom. The molecular weight excluding hydrogens is 312 g/mol. The molecule has 1 aliphatic carbocycles. The van der Waals surface area contributed by atoms with E-state index in [4.69, 9.17) is 0 Å². The molecule has 0 radical (unpaired) electrons. The Kier molecular flexibility index (Phi) is 4.26. The molecule has 2 aliphatic rings. The molecule has 1 N–H and O–H groups in total. The lowest BCUT2D eigenvalue weighted by molar-refractivity contribution is -0.138. The number of nitrogens with one attached hydrogen (secondary N) is 1. The Balaban J connectivity index is 1.40. The second kappa shape index (κ2) is 6.71. The number of nitrogens with zero attached hydrogens (tertiary/aromatic N) is 1. The summed E-state index contributed by atoms with van der Waals surface area (Å²) in [4.78, 5) is 26.3. The highest BCUT2D eigenvalue weighted by molar-refractivity contribution is 6.06. The molecule has 4 nitrogen and oxygen atoms in total. The van der Waals surface area contributed by atoms with Crippen molar-refractivity contribution in [3.8, 4) is 0 Å². The van der Waals surface area contributed by atoms with E-state index in [0.29, 0.717) is 13.0 Å². The van der Waals surface area contributed by atoms with Crippen LogP contribution in [0.5, 0.6) is 0 Å². The van der Waals surface area contributed by atoms with Crippen LogP contribution < -0.4 is 5.32 Å². The number of benzene rings is 2. The maximum atomic E-state index is 12.6. The molecule has 0 aromatic heterocycles. The molecule has 4 rings (SSSR count). The van der Waals surface area contributed by atoms with E-state index in [9.17, 15) is 9.59 Å². The smallest absolute Gasteiger partial charge is 0.252 e. The van der Waals surface area contributed by atoms with E-state index in [0.717, 1.165) is 24.1 Å². The maximum Gasteiger partial charge on any atom is 0.252 e. The summed E-state index contributed by atoms with van der Waals surface area (Å²) in [5.41, 5.74) is 4.85. The largest absolute Gasteiger partial charge is 0.373 e. The van der Waals surface area contributed by atoms with Crippen molar-refractivity contribution < 1.29 is 9.59 Å². The van der Waals surface area contributed by atoms with E-state index < -0.39 is 6.04 Å². The van der Waals surface area contributed by atoms with Crippen molar-refractivity contribution in [2.24, 2.45) is 0 Å². The Bertz CT molecular complexity index is 801. The number of aryl methyl sites for hydroxylation is 2. The van der Waals surface area contributed by atoms with Gasteiger partial charge < -0.3 is 5.32 Å². The highest BCUT2D eigenvalue weighted by Gasteiger charge is 2.38. The molecule has 1 atom stereocenters. The van der Waals surface area contributed by atoms with Crippen LogP contribution in [0.1, 0.15) is 29.5 Å². The number of carbonyl (C=O) groups excluding carboxylic acids is 2. The normalized spacial score (nSPS) is 19.4. The van der Waals surface area contributed by atoms with Gasteiger partial charge in [-0.15, -0.1) is 0 Å². The molecule has 0 unspecified atom stereocenters. The Morgan fingerprint density at radius 1 is 1.00 bits per heavy atom. The van der Waals surface area contributed by atoms with Gasteiger partial charge in [0.15, 0.2) is 0 Å². The van der Waals surface area contributed by atoms with E-state index in [1.54, 1.807) is 0 Å². The first kappa shape index (κ1) is 15.9. The number of anilines is 1. The Morgan fingerprint density at radius 2 is 1.80 bits per heavy atom. The average molecular weight is 334 g/mol. The van der Waals surface area contributed by atoms with Crippen molar-refractivity contribution in [3.63, 3.8) is 0 Å². The monoisotopic (exact) mass is 334 g/mol. The fourth-order valence-corrected chi connectivity index (χ4v) is 3.78. The van der Waals surface area contributed by atoms with Crippen LogP contribution in [0.4, 0.5) is 5.69 Å². The van der Waals surface area contributed by atoms with Crippen molar-refractivity contribution in [1.29, 1.82) is 0 Å².